The fourth-order valence-corrected chi connectivity index (χ4v) is 5.56. The molecule has 46 heavy (non-hydrogen) atoms. The molecule has 0 aromatic heterocycles. The molecule has 0 rings (SSSR count). The molecule has 0 aliphatic carbocycles. The average molecular weight is 672 g/mol. The maximum absolute atomic E-state index is 12.7. The Balaban J connectivity index is 4.64. The molecular weight excluding hydrogens is 599 g/mol. The zero-order valence-corrected chi connectivity index (χ0v) is 31.2. The number of aliphatic hydroxyl groups excluding tert-OH is 1. The van der Waals surface area contributed by atoms with E-state index >= 15 is 0 Å². The Hall–Kier alpha value is -1.28. The highest BCUT2D eigenvalue weighted by molar-refractivity contribution is 7.47. The van der Waals surface area contributed by atoms with Crippen molar-refractivity contribution in [3.63, 3.8) is 0 Å². The van der Waals surface area contributed by atoms with Gasteiger partial charge in [-0.05, 0) is 51.4 Å². The maximum atomic E-state index is 12.7. The molecule has 3 unspecified atom stereocenters. The van der Waals surface area contributed by atoms with Crippen molar-refractivity contribution in [3.8, 4) is 0 Å². The lowest BCUT2D eigenvalue weighted by molar-refractivity contribution is -0.870. The van der Waals surface area contributed by atoms with Gasteiger partial charge in [0, 0.05) is 6.42 Å². The largest absolute Gasteiger partial charge is 0.472 e. The second-order valence-electron chi connectivity index (χ2n) is 13.6. The second-order valence-corrected chi connectivity index (χ2v) is 15.0. The molecule has 3 N–H and O–H groups in total. The van der Waals surface area contributed by atoms with Crippen LogP contribution in [0, 0.1) is 0 Å². The lowest BCUT2D eigenvalue weighted by Crippen LogP contribution is -2.45. The highest BCUT2D eigenvalue weighted by Crippen LogP contribution is 2.43. The van der Waals surface area contributed by atoms with Gasteiger partial charge in [0.2, 0.25) is 5.91 Å². The van der Waals surface area contributed by atoms with Crippen molar-refractivity contribution in [2.24, 2.45) is 0 Å². The second kappa shape index (κ2) is 29.8. The van der Waals surface area contributed by atoms with Crippen molar-refractivity contribution in [1.29, 1.82) is 0 Å². The van der Waals surface area contributed by atoms with Gasteiger partial charge in [-0.3, -0.25) is 13.8 Å². The quantitative estimate of drug-likeness (QED) is 0.0285. The highest BCUT2D eigenvalue weighted by Gasteiger charge is 2.27. The minimum absolute atomic E-state index is 0.0539. The Morgan fingerprint density at radius 3 is 1.83 bits per heavy atom. The summed E-state index contributed by atoms with van der Waals surface area (Å²) in [7, 11) is 1.54. The van der Waals surface area contributed by atoms with E-state index in [0.717, 1.165) is 64.2 Å². The van der Waals surface area contributed by atoms with E-state index in [1.165, 1.54) is 57.8 Å². The molecular formula is C37H72N2O6P+. The minimum atomic E-state index is -4.33. The maximum Gasteiger partial charge on any atom is 0.472 e. The number of likely N-dealkylation sites (N-methyl/N-ethyl adjacent to an activating group) is 1. The molecule has 0 saturated carbocycles. The molecule has 0 aliphatic rings. The Morgan fingerprint density at radius 1 is 0.717 bits per heavy atom. The molecule has 1 amide bonds. The zero-order valence-electron chi connectivity index (χ0n) is 30.3. The lowest BCUT2D eigenvalue weighted by atomic mass is 10.1. The third-order valence-electron chi connectivity index (χ3n) is 7.81. The van der Waals surface area contributed by atoms with Crippen LogP contribution >= 0.6 is 7.82 Å². The number of rotatable bonds is 32. The number of phosphoric acid groups is 1. The Morgan fingerprint density at radius 2 is 1.24 bits per heavy atom. The highest BCUT2D eigenvalue weighted by atomic mass is 31.2. The van der Waals surface area contributed by atoms with Gasteiger partial charge in [-0.2, -0.15) is 0 Å². The Labute approximate surface area is 283 Å². The first kappa shape index (κ1) is 44.7. The van der Waals surface area contributed by atoms with Crippen LogP contribution in [0.1, 0.15) is 142 Å². The normalized spacial score (nSPS) is 15.2. The molecule has 8 nitrogen and oxygen atoms in total. The van der Waals surface area contributed by atoms with Crippen LogP contribution in [0.3, 0.4) is 0 Å². The number of allylic oxidation sites excluding steroid dienone is 5. The van der Waals surface area contributed by atoms with E-state index in [-0.39, 0.29) is 19.1 Å². The van der Waals surface area contributed by atoms with Gasteiger partial charge in [-0.25, -0.2) is 4.57 Å². The third kappa shape index (κ3) is 31.3. The molecule has 0 heterocycles. The van der Waals surface area contributed by atoms with E-state index in [0.29, 0.717) is 17.4 Å². The standard InChI is InChI=1S/C37H71N2O6P/c1-6-8-10-12-14-16-18-19-20-21-22-24-26-28-30-36(40)35(34-45-46(42,43)44-33-32-39(3,4)5)38-37(41)31-29-27-25-23-17-15-13-11-9-7-2/h11,13,21-22,28,30,35-36,40H,6-10,12,14-20,23-27,29,31-34H2,1-5H3,(H-,38,41,42,43)/p+1/b13-11-,22-21+,30-28+. The first-order valence-corrected chi connectivity index (χ1v) is 19.9. The molecule has 0 saturated heterocycles. The number of carbonyl (C=O) groups excluding carboxylic acids is 1. The van der Waals surface area contributed by atoms with Crippen molar-refractivity contribution >= 4 is 13.7 Å². The topological polar surface area (TPSA) is 105 Å². The third-order valence-corrected chi connectivity index (χ3v) is 8.80. The fourth-order valence-electron chi connectivity index (χ4n) is 4.82. The Kier molecular flexibility index (Phi) is 29.0. The smallest absolute Gasteiger partial charge is 0.387 e. The monoisotopic (exact) mass is 672 g/mol. The van der Waals surface area contributed by atoms with Gasteiger partial charge in [-0.1, -0.05) is 121 Å². The SMILES string of the molecule is CCC/C=C\CCCCCCCC(=O)NC(COP(=O)(O)OCC[N+](C)(C)C)C(O)/C=C/CC/C=C/CCCCCCCCCC. The van der Waals surface area contributed by atoms with Gasteiger partial charge in [0.25, 0.3) is 0 Å². The number of aliphatic hydroxyl groups is 1. The zero-order chi connectivity index (χ0) is 34.4. The molecule has 0 spiro atoms. The van der Waals surface area contributed by atoms with Crippen LogP contribution < -0.4 is 5.32 Å². The van der Waals surface area contributed by atoms with Gasteiger partial charge >= 0.3 is 7.82 Å². The average Bonchev–Trinajstić information content (AvgIpc) is 2.99. The lowest BCUT2D eigenvalue weighted by Gasteiger charge is -2.25. The number of phosphoric ester groups is 1. The van der Waals surface area contributed by atoms with Gasteiger partial charge in [-0.15, -0.1) is 0 Å². The summed E-state index contributed by atoms with van der Waals surface area (Å²) in [5.41, 5.74) is 0. The minimum Gasteiger partial charge on any atom is -0.387 e. The molecule has 0 fully saturated rings. The number of amides is 1. The van der Waals surface area contributed by atoms with Crippen molar-refractivity contribution in [3.05, 3.63) is 36.5 Å². The van der Waals surface area contributed by atoms with Gasteiger partial charge in [0.1, 0.15) is 13.2 Å². The molecule has 270 valence electrons. The molecule has 0 aromatic carbocycles. The number of hydrogen-bond acceptors (Lipinski definition) is 5. The fraction of sp³-hybridized carbons (Fsp3) is 0.811. The van der Waals surface area contributed by atoms with E-state index in [4.69, 9.17) is 9.05 Å². The van der Waals surface area contributed by atoms with Gasteiger partial charge < -0.3 is 19.8 Å². The first-order valence-electron chi connectivity index (χ1n) is 18.4. The van der Waals surface area contributed by atoms with Crippen LogP contribution in [0.25, 0.3) is 0 Å². The predicted octanol–water partition coefficient (Wildman–Crippen LogP) is 9.18. The van der Waals surface area contributed by atoms with E-state index < -0.39 is 20.0 Å². The van der Waals surface area contributed by atoms with Crippen molar-refractivity contribution < 1.29 is 32.9 Å². The summed E-state index contributed by atoms with van der Waals surface area (Å²) in [4.78, 5) is 22.9. The summed E-state index contributed by atoms with van der Waals surface area (Å²) in [6.45, 7) is 4.68. The van der Waals surface area contributed by atoms with E-state index in [2.05, 4.69) is 43.5 Å². The molecule has 0 bridgehead atoms. The number of carbonyl (C=O) groups is 1. The van der Waals surface area contributed by atoms with Crippen LogP contribution in [0.2, 0.25) is 0 Å². The van der Waals surface area contributed by atoms with E-state index in [1.54, 1.807) is 6.08 Å². The molecule has 0 radical (unpaired) electrons. The molecule has 0 aliphatic heterocycles. The summed E-state index contributed by atoms with van der Waals surface area (Å²) in [6.07, 6.45) is 33.6. The summed E-state index contributed by atoms with van der Waals surface area (Å²) < 4.78 is 23.4. The predicted molar refractivity (Wildman–Crippen MR) is 194 cm³/mol. The number of nitrogens with one attached hydrogen (secondary N) is 1. The van der Waals surface area contributed by atoms with Crippen LogP contribution in [0.5, 0.6) is 0 Å². The van der Waals surface area contributed by atoms with Gasteiger partial charge in [0.05, 0.1) is 39.9 Å². The summed E-state index contributed by atoms with van der Waals surface area (Å²) in [5, 5.41) is 13.7. The summed E-state index contributed by atoms with van der Waals surface area (Å²) in [6, 6.07) is -0.862. The molecule has 9 heteroatoms. The van der Waals surface area contributed by atoms with Crippen molar-refractivity contribution in [2.45, 2.75) is 154 Å². The number of nitrogens with zero attached hydrogens (tertiary/aromatic N) is 1. The van der Waals surface area contributed by atoms with E-state index in [9.17, 15) is 19.4 Å². The van der Waals surface area contributed by atoms with Crippen LogP contribution in [0.4, 0.5) is 0 Å². The summed E-state index contributed by atoms with van der Waals surface area (Å²) >= 11 is 0. The number of hydrogen-bond donors (Lipinski definition) is 3. The number of quaternary nitrogens is 1. The number of unbranched alkanes of at least 4 members (excludes halogenated alkanes) is 15. The Bertz CT molecular complexity index is 855. The molecule has 3 atom stereocenters. The van der Waals surface area contributed by atoms with Crippen LogP contribution in [-0.2, 0) is 18.4 Å². The van der Waals surface area contributed by atoms with Crippen molar-refractivity contribution in [2.75, 3.05) is 40.9 Å². The molecule has 0 aromatic rings. The first-order chi connectivity index (χ1) is 22.0. The van der Waals surface area contributed by atoms with Crippen molar-refractivity contribution in [1.82, 2.24) is 5.32 Å². The van der Waals surface area contributed by atoms with Crippen LogP contribution in [0.15, 0.2) is 36.5 Å². The summed E-state index contributed by atoms with van der Waals surface area (Å²) in [5.74, 6) is -0.203. The van der Waals surface area contributed by atoms with Crippen LogP contribution in [-0.4, -0.2) is 73.4 Å². The van der Waals surface area contributed by atoms with Gasteiger partial charge in [0.15, 0.2) is 0 Å². The van der Waals surface area contributed by atoms with E-state index in [1.807, 2.05) is 27.2 Å².